The molecule has 0 aromatic carbocycles. The molecule has 4 rings (SSSR count). The molecular formula is C12H17N5OS. The molecule has 0 aliphatic carbocycles. The number of nitrogens with zero attached hydrogens (tertiary/aromatic N) is 4. The molecular weight excluding hydrogens is 262 g/mol. The summed E-state index contributed by atoms with van der Waals surface area (Å²) in [6.45, 7) is 4.10. The number of hydrogen-bond donors (Lipinski definition) is 1. The number of fused-ring (bicyclic) bond motifs is 1. The second-order valence-corrected chi connectivity index (χ2v) is 6.48. The van der Waals surface area contributed by atoms with Gasteiger partial charge >= 0.3 is 0 Å². The maximum absolute atomic E-state index is 5.69. The van der Waals surface area contributed by atoms with Crippen LogP contribution in [0.4, 0.5) is 0 Å². The average molecular weight is 279 g/mol. The van der Waals surface area contributed by atoms with Gasteiger partial charge < -0.3 is 10.1 Å². The predicted octanol–water partition coefficient (Wildman–Crippen LogP) is 1.64. The molecule has 102 valence electrons. The molecule has 2 unspecified atom stereocenters. The molecule has 2 saturated heterocycles. The zero-order valence-electron chi connectivity index (χ0n) is 10.9. The Bertz CT molecular complexity index is 594. The Balaban J connectivity index is 1.75. The largest absolute Gasteiger partial charge is 0.370 e. The Hall–Kier alpha value is -1.05. The lowest BCUT2D eigenvalue weighted by molar-refractivity contribution is 0.103. The molecule has 0 amide bonds. The first-order valence-corrected chi connectivity index (χ1v) is 7.67. The maximum Gasteiger partial charge on any atom is 0.234 e. The van der Waals surface area contributed by atoms with E-state index in [1.54, 1.807) is 11.3 Å². The number of rotatable bonds is 2. The van der Waals surface area contributed by atoms with E-state index in [1.165, 1.54) is 6.42 Å². The van der Waals surface area contributed by atoms with Crippen molar-refractivity contribution < 1.29 is 4.74 Å². The van der Waals surface area contributed by atoms with Gasteiger partial charge in [-0.05, 0) is 39.2 Å². The van der Waals surface area contributed by atoms with Gasteiger partial charge in [0.05, 0.1) is 5.54 Å². The van der Waals surface area contributed by atoms with Crippen LogP contribution >= 0.6 is 11.3 Å². The van der Waals surface area contributed by atoms with Gasteiger partial charge in [-0.15, -0.1) is 10.2 Å². The molecule has 0 radical (unpaired) electrons. The number of aromatic nitrogens is 4. The van der Waals surface area contributed by atoms with Gasteiger partial charge in [0.2, 0.25) is 4.96 Å². The van der Waals surface area contributed by atoms with Crippen molar-refractivity contribution in [2.75, 3.05) is 13.2 Å². The van der Waals surface area contributed by atoms with Gasteiger partial charge in [0.1, 0.15) is 11.1 Å². The summed E-state index contributed by atoms with van der Waals surface area (Å²) in [7, 11) is 0. The van der Waals surface area contributed by atoms with E-state index >= 15 is 0 Å². The van der Waals surface area contributed by atoms with Crippen LogP contribution in [0.1, 0.15) is 49.5 Å². The van der Waals surface area contributed by atoms with E-state index in [2.05, 4.69) is 22.4 Å². The standard InChI is InChI=1S/C12H17N5OS/c1-12(5-3-6-13-12)10-16-17-9(8-4-2-7-18-8)14-15-11(17)19-10/h8,13H,2-7H2,1H3. The van der Waals surface area contributed by atoms with Crippen LogP contribution in [0.5, 0.6) is 0 Å². The zero-order valence-corrected chi connectivity index (χ0v) is 11.7. The summed E-state index contributed by atoms with van der Waals surface area (Å²) in [5.74, 6) is 0.858. The van der Waals surface area contributed by atoms with Gasteiger partial charge in [-0.25, -0.2) is 0 Å². The van der Waals surface area contributed by atoms with Crippen molar-refractivity contribution in [3.05, 3.63) is 10.8 Å². The van der Waals surface area contributed by atoms with Gasteiger partial charge in [0.15, 0.2) is 5.82 Å². The fourth-order valence-corrected chi connectivity index (χ4v) is 3.91. The first kappa shape index (κ1) is 11.7. The first-order valence-electron chi connectivity index (χ1n) is 6.85. The molecule has 7 heteroatoms. The molecule has 2 aromatic heterocycles. The van der Waals surface area contributed by atoms with Gasteiger partial charge in [-0.1, -0.05) is 11.3 Å². The highest BCUT2D eigenvalue weighted by Gasteiger charge is 2.35. The molecule has 2 fully saturated rings. The Labute approximate surface area is 115 Å². The van der Waals surface area contributed by atoms with Crippen LogP contribution in [0.3, 0.4) is 0 Å². The van der Waals surface area contributed by atoms with Crippen molar-refractivity contribution in [1.29, 1.82) is 0 Å². The average Bonchev–Trinajstić information content (AvgIpc) is 3.12. The van der Waals surface area contributed by atoms with Gasteiger partial charge in [0, 0.05) is 6.61 Å². The van der Waals surface area contributed by atoms with Crippen LogP contribution in [0.2, 0.25) is 0 Å². The van der Waals surface area contributed by atoms with Crippen LogP contribution < -0.4 is 5.32 Å². The van der Waals surface area contributed by atoms with Crippen molar-refractivity contribution in [3.63, 3.8) is 0 Å². The maximum atomic E-state index is 5.69. The van der Waals surface area contributed by atoms with Crippen LogP contribution in [0.25, 0.3) is 4.96 Å². The van der Waals surface area contributed by atoms with E-state index in [9.17, 15) is 0 Å². The molecule has 0 spiro atoms. The normalized spacial score (nSPS) is 31.5. The molecule has 2 aromatic rings. The smallest absolute Gasteiger partial charge is 0.234 e. The molecule has 0 bridgehead atoms. The third kappa shape index (κ3) is 1.79. The fraction of sp³-hybridized carbons (Fsp3) is 0.750. The Morgan fingerprint density at radius 3 is 3.11 bits per heavy atom. The molecule has 6 nitrogen and oxygen atoms in total. The van der Waals surface area contributed by atoms with Crippen molar-refractivity contribution in [2.24, 2.45) is 0 Å². The highest BCUT2D eigenvalue weighted by Crippen LogP contribution is 2.34. The third-order valence-corrected chi connectivity index (χ3v) is 5.24. The Kier molecular flexibility index (Phi) is 2.61. The van der Waals surface area contributed by atoms with Crippen LogP contribution in [0, 0.1) is 0 Å². The van der Waals surface area contributed by atoms with E-state index in [4.69, 9.17) is 9.84 Å². The molecule has 2 aliphatic heterocycles. The first-order chi connectivity index (χ1) is 9.26. The molecule has 4 heterocycles. The monoisotopic (exact) mass is 279 g/mol. The van der Waals surface area contributed by atoms with E-state index in [0.717, 1.165) is 48.2 Å². The van der Waals surface area contributed by atoms with Crippen molar-refractivity contribution in [1.82, 2.24) is 25.1 Å². The molecule has 19 heavy (non-hydrogen) atoms. The molecule has 1 N–H and O–H groups in total. The van der Waals surface area contributed by atoms with Crippen molar-refractivity contribution in [3.8, 4) is 0 Å². The van der Waals surface area contributed by atoms with Crippen LogP contribution in [-0.2, 0) is 10.3 Å². The Morgan fingerprint density at radius 2 is 2.37 bits per heavy atom. The summed E-state index contributed by atoms with van der Waals surface area (Å²) in [5, 5.41) is 17.9. The van der Waals surface area contributed by atoms with E-state index in [-0.39, 0.29) is 11.6 Å². The SMILES string of the molecule is CC1(c2nn3c(C4CCCO4)nnc3s2)CCCN1. The second kappa shape index (κ2) is 4.22. The lowest BCUT2D eigenvalue weighted by Gasteiger charge is -2.20. The minimum Gasteiger partial charge on any atom is -0.370 e. The third-order valence-electron chi connectivity index (χ3n) is 4.07. The van der Waals surface area contributed by atoms with Crippen molar-refractivity contribution in [2.45, 2.75) is 44.2 Å². The lowest BCUT2D eigenvalue weighted by Crippen LogP contribution is -2.33. The summed E-state index contributed by atoms with van der Waals surface area (Å²) in [4.78, 5) is 0.871. The summed E-state index contributed by atoms with van der Waals surface area (Å²) in [5.41, 5.74) is -0.000824. The number of hydrogen-bond acceptors (Lipinski definition) is 6. The molecule has 0 saturated carbocycles. The minimum absolute atomic E-state index is 0.000824. The van der Waals surface area contributed by atoms with Gasteiger partial charge in [-0.2, -0.15) is 9.61 Å². The highest BCUT2D eigenvalue weighted by molar-refractivity contribution is 7.16. The van der Waals surface area contributed by atoms with E-state index in [0.29, 0.717) is 0 Å². The Morgan fingerprint density at radius 1 is 1.42 bits per heavy atom. The van der Waals surface area contributed by atoms with Crippen LogP contribution in [-0.4, -0.2) is 33.0 Å². The summed E-state index contributed by atoms with van der Waals surface area (Å²) < 4.78 is 7.57. The van der Waals surface area contributed by atoms with Crippen molar-refractivity contribution >= 4 is 16.3 Å². The zero-order chi connectivity index (χ0) is 12.9. The summed E-state index contributed by atoms with van der Waals surface area (Å²) in [6.07, 6.45) is 4.51. The highest BCUT2D eigenvalue weighted by atomic mass is 32.1. The van der Waals surface area contributed by atoms with Gasteiger partial charge in [-0.3, -0.25) is 0 Å². The van der Waals surface area contributed by atoms with Gasteiger partial charge in [0.25, 0.3) is 0 Å². The van der Waals surface area contributed by atoms with E-state index < -0.39 is 0 Å². The summed E-state index contributed by atoms with van der Waals surface area (Å²) >= 11 is 1.63. The lowest BCUT2D eigenvalue weighted by atomic mass is 10.0. The second-order valence-electron chi connectivity index (χ2n) is 5.52. The summed E-state index contributed by atoms with van der Waals surface area (Å²) in [6, 6.07) is 0. The molecule has 2 atom stereocenters. The predicted molar refractivity (Wildman–Crippen MR) is 71.2 cm³/mol. The minimum atomic E-state index is -0.000824. The van der Waals surface area contributed by atoms with Crippen LogP contribution in [0.15, 0.2) is 0 Å². The topological polar surface area (TPSA) is 64.3 Å². The number of nitrogens with one attached hydrogen (secondary N) is 1. The molecule has 2 aliphatic rings. The quantitative estimate of drug-likeness (QED) is 0.905. The number of ether oxygens (including phenoxy) is 1. The van der Waals surface area contributed by atoms with E-state index in [1.807, 2.05) is 4.52 Å². The fourth-order valence-electron chi connectivity index (χ4n) is 2.91.